The zero-order chi connectivity index (χ0) is 14.4. The summed E-state index contributed by atoms with van der Waals surface area (Å²) >= 11 is 6.27. The maximum atomic E-state index is 6.48. The van der Waals surface area contributed by atoms with Crippen LogP contribution in [0.25, 0.3) is 0 Å². The smallest absolute Gasteiger partial charge is 0.0834 e. The third-order valence-electron chi connectivity index (χ3n) is 5.15. The fourth-order valence-electron chi connectivity index (χ4n) is 3.36. The number of nitrogens with two attached hydrogens (primary N) is 1. The van der Waals surface area contributed by atoms with Crippen molar-refractivity contribution in [2.24, 2.45) is 22.5 Å². The molecule has 1 aromatic rings. The third kappa shape index (κ3) is 2.20. The Balaban J connectivity index is 2.25. The summed E-state index contributed by atoms with van der Waals surface area (Å²) < 4.78 is 6.98. The van der Waals surface area contributed by atoms with E-state index in [0.717, 1.165) is 5.69 Å². The second-order valence-electron chi connectivity index (χ2n) is 6.54. The summed E-state index contributed by atoms with van der Waals surface area (Å²) in [5.74, 6) is 0.412. The number of methoxy groups -OCH3 is 1. The van der Waals surface area contributed by atoms with Gasteiger partial charge in [-0.15, -0.1) is 0 Å². The Labute approximate surface area is 120 Å². The number of aromatic nitrogens is 2. The van der Waals surface area contributed by atoms with Gasteiger partial charge >= 0.3 is 0 Å². The van der Waals surface area contributed by atoms with Crippen LogP contribution in [0.3, 0.4) is 0 Å². The van der Waals surface area contributed by atoms with Gasteiger partial charge in [0.2, 0.25) is 0 Å². The van der Waals surface area contributed by atoms with Crippen LogP contribution in [0, 0.1) is 16.7 Å². The highest BCUT2D eigenvalue weighted by atomic mass is 35.5. The van der Waals surface area contributed by atoms with Gasteiger partial charge in [-0.05, 0) is 16.7 Å². The molecule has 2 rings (SSSR count). The van der Waals surface area contributed by atoms with Gasteiger partial charge in [0, 0.05) is 7.11 Å². The van der Waals surface area contributed by atoms with Crippen molar-refractivity contribution in [1.82, 2.24) is 9.78 Å². The van der Waals surface area contributed by atoms with E-state index in [2.05, 4.69) is 32.8 Å². The first-order valence-electron chi connectivity index (χ1n) is 6.71. The molecular formula is C14H24ClN3O. The molecule has 1 atom stereocenters. The van der Waals surface area contributed by atoms with Crippen LogP contribution in [0.2, 0.25) is 5.02 Å². The van der Waals surface area contributed by atoms with Gasteiger partial charge < -0.3 is 10.5 Å². The zero-order valence-corrected chi connectivity index (χ0v) is 13.2. The van der Waals surface area contributed by atoms with Gasteiger partial charge in [0.1, 0.15) is 0 Å². The first kappa shape index (κ1) is 14.8. The Morgan fingerprint density at radius 1 is 1.42 bits per heavy atom. The Bertz CT molecular complexity index is 453. The molecule has 1 fully saturated rings. The summed E-state index contributed by atoms with van der Waals surface area (Å²) in [4.78, 5) is 0. The predicted molar refractivity (Wildman–Crippen MR) is 77.1 cm³/mol. The molecule has 0 amide bonds. The van der Waals surface area contributed by atoms with Gasteiger partial charge in [-0.2, -0.15) is 5.10 Å². The lowest BCUT2D eigenvalue weighted by atomic mass is 10.0. The Morgan fingerprint density at radius 3 is 2.47 bits per heavy atom. The fourth-order valence-corrected chi connectivity index (χ4v) is 3.63. The van der Waals surface area contributed by atoms with Gasteiger partial charge in [-0.3, -0.25) is 4.68 Å². The van der Waals surface area contributed by atoms with Crippen LogP contribution in [-0.4, -0.2) is 23.5 Å². The van der Waals surface area contributed by atoms with Crippen LogP contribution < -0.4 is 5.73 Å². The zero-order valence-electron chi connectivity index (χ0n) is 12.4. The quantitative estimate of drug-likeness (QED) is 0.905. The number of rotatable bonds is 5. The molecule has 0 saturated heterocycles. The molecule has 2 N–H and O–H groups in total. The molecule has 0 aliphatic heterocycles. The Hall–Kier alpha value is -0.580. The minimum atomic E-state index is -0.0862. The van der Waals surface area contributed by atoms with E-state index in [4.69, 9.17) is 22.1 Å². The molecule has 0 bridgehead atoms. The monoisotopic (exact) mass is 285 g/mol. The summed E-state index contributed by atoms with van der Waals surface area (Å²) in [7, 11) is 1.68. The molecule has 1 aromatic heterocycles. The van der Waals surface area contributed by atoms with E-state index in [1.54, 1.807) is 13.3 Å². The van der Waals surface area contributed by atoms with Gasteiger partial charge in [0.25, 0.3) is 0 Å². The summed E-state index contributed by atoms with van der Waals surface area (Å²) in [6.45, 7) is 10.3. The van der Waals surface area contributed by atoms with Gasteiger partial charge in [-0.25, -0.2) is 0 Å². The summed E-state index contributed by atoms with van der Waals surface area (Å²) in [6, 6.07) is -0.0862. The van der Waals surface area contributed by atoms with E-state index in [0.29, 0.717) is 24.1 Å². The second kappa shape index (κ2) is 4.76. The lowest BCUT2D eigenvalue weighted by molar-refractivity contribution is 0.181. The largest absolute Gasteiger partial charge is 0.383 e. The molecule has 1 aliphatic rings. The molecule has 1 saturated carbocycles. The van der Waals surface area contributed by atoms with Crippen molar-refractivity contribution in [2.75, 3.05) is 13.7 Å². The van der Waals surface area contributed by atoms with Crippen LogP contribution in [0.1, 0.15) is 39.4 Å². The highest BCUT2D eigenvalue weighted by Crippen LogP contribution is 2.72. The molecule has 5 heteroatoms. The van der Waals surface area contributed by atoms with Crippen molar-refractivity contribution in [3.63, 3.8) is 0 Å². The highest BCUT2D eigenvalue weighted by Gasteiger charge is 2.67. The van der Waals surface area contributed by atoms with E-state index in [1.807, 2.05) is 4.68 Å². The predicted octanol–water partition coefficient (Wildman–Crippen LogP) is 2.86. The lowest BCUT2D eigenvalue weighted by Crippen LogP contribution is -2.22. The third-order valence-corrected chi connectivity index (χ3v) is 5.44. The molecule has 1 aliphatic carbocycles. The van der Waals surface area contributed by atoms with Crippen molar-refractivity contribution in [3.8, 4) is 0 Å². The molecule has 4 nitrogen and oxygen atoms in total. The molecule has 0 spiro atoms. The van der Waals surface area contributed by atoms with E-state index >= 15 is 0 Å². The molecule has 0 radical (unpaired) electrons. The highest BCUT2D eigenvalue weighted by molar-refractivity contribution is 6.31. The van der Waals surface area contributed by atoms with Crippen LogP contribution in [0.4, 0.5) is 0 Å². The molecular weight excluding hydrogens is 262 g/mol. The topological polar surface area (TPSA) is 53.1 Å². The van der Waals surface area contributed by atoms with Crippen molar-refractivity contribution >= 4 is 11.6 Å². The van der Waals surface area contributed by atoms with Crippen molar-refractivity contribution in [1.29, 1.82) is 0 Å². The first-order chi connectivity index (χ1) is 8.75. The molecule has 1 unspecified atom stereocenters. The molecule has 108 valence electrons. The van der Waals surface area contributed by atoms with E-state index in [9.17, 15) is 0 Å². The summed E-state index contributed by atoms with van der Waals surface area (Å²) in [6.07, 6.45) is 1.68. The number of hydrogen-bond acceptors (Lipinski definition) is 3. The Kier molecular flexibility index (Phi) is 3.71. The summed E-state index contributed by atoms with van der Waals surface area (Å²) in [5.41, 5.74) is 7.87. The minimum absolute atomic E-state index is 0.0862. The second-order valence-corrected chi connectivity index (χ2v) is 6.95. The van der Waals surface area contributed by atoms with Gasteiger partial charge in [0.05, 0.1) is 36.1 Å². The van der Waals surface area contributed by atoms with Crippen LogP contribution in [-0.2, 0) is 11.3 Å². The molecule has 0 aromatic carbocycles. The Morgan fingerprint density at radius 2 is 2.00 bits per heavy atom. The molecule has 1 heterocycles. The fraction of sp³-hybridized carbons (Fsp3) is 0.786. The van der Waals surface area contributed by atoms with Crippen LogP contribution in [0.5, 0.6) is 0 Å². The minimum Gasteiger partial charge on any atom is -0.383 e. The van der Waals surface area contributed by atoms with Crippen molar-refractivity contribution in [3.05, 3.63) is 16.9 Å². The average Bonchev–Trinajstić information content (AvgIpc) is 2.59. The SMILES string of the molecule is COCCn1ncc(Cl)c1C(N)C1C(C)(C)C1(C)C. The van der Waals surface area contributed by atoms with Crippen molar-refractivity contribution in [2.45, 2.75) is 40.3 Å². The van der Waals surface area contributed by atoms with E-state index < -0.39 is 0 Å². The van der Waals surface area contributed by atoms with Gasteiger partial charge in [0.15, 0.2) is 0 Å². The first-order valence-corrected chi connectivity index (χ1v) is 7.08. The van der Waals surface area contributed by atoms with E-state index in [1.165, 1.54) is 0 Å². The summed E-state index contributed by atoms with van der Waals surface area (Å²) in [5, 5.41) is 4.96. The number of nitrogens with zero attached hydrogens (tertiary/aromatic N) is 2. The molecule has 19 heavy (non-hydrogen) atoms. The van der Waals surface area contributed by atoms with E-state index in [-0.39, 0.29) is 16.9 Å². The number of hydrogen-bond donors (Lipinski definition) is 1. The maximum Gasteiger partial charge on any atom is 0.0834 e. The number of halogens is 1. The average molecular weight is 286 g/mol. The maximum absolute atomic E-state index is 6.48. The lowest BCUT2D eigenvalue weighted by Gasteiger charge is -2.17. The van der Waals surface area contributed by atoms with Gasteiger partial charge in [-0.1, -0.05) is 39.3 Å². The van der Waals surface area contributed by atoms with Crippen LogP contribution >= 0.6 is 11.6 Å². The van der Waals surface area contributed by atoms with Crippen molar-refractivity contribution < 1.29 is 4.74 Å². The standard InChI is InChI=1S/C14H24ClN3O/c1-13(2)12(14(13,3)4)10(16)11-9(15)8-17-18(11)6-7-19-5/h8,10,12H,6-7,16H2,1-5H3. The normalized spacial score (nSPS) is 22.5. The van der Waals surface area contributed by atoms with Crippen LogP contribution in [0.15, 0.2) is 6.20 Å². The number of ether oxygens (including phenoxy) is 1.